The monoisotopic (exact) mass is 368 g/mol. The van der Waals surface area contributed by atoms with E-state index in [-0.39, 0.29) is 11.8 Å². The maximum Gasteiger partial charge on any atom is 0.240 e. The minimum absolute atomic E-state index is 0.212. The summed E-state index contributed by atoms with van der Waals surface area (Å²) in [6, 6.07) is 14.8. The third-order valence-electron chi connectivity index (χ3n) is 4.80. The van der Waals surface area contributed by atoms with E-state index >= 15 is 0 Å². The summed E-state index contributed by atoms with van der Waals surface area (Å²) in [4.78, 5) is 25.1. The van der Waals surface area contributed by atoms with Crippen LogP contribution in [0.25, 0.3) is 0 Å². The zero-order valence-electron chi connectivity index (χ0n) is 15.6. The van der Waals surface area contributed by atoms with E-state index in [9.17, 15) is 9.59 Å². The van der Waals surface area contributed by atoms with E-state index in [0.717, 1.165) is 5.56 Å². The van der Waals surface area contributed by atoms with Crippen LogP contribution in [0.2, 0.25) is 0 Å². The van der Waals surface area contributed by atoms with Gasteiger partial charge in [-0.2, -0.15) is 0 Å². The Hall–Kier alpha value is -3.02. The van der Waals surface area contributed by atoms with Crippen LogP contribution in [-0.4, -0.2) is 32.6 Å². The van der Waals surface area contributed by atoms with Crippen LogP contribution in [0.15, 0.2) is 48.5 Å². The molecule has 27 heavy (non-hydrogen) atoms. The smallest absolute Gasteiger partial charge is 0.240 e. The number of rotatable bonds is 8. The molecule has 0 unspecified atom stereocenters. The molecule has 0 heterocycles. The number of anilines is 1. The molecule has 0 aliphatic heterocycles. The lowest BCUT2D eigenvalue weighted by Gasteiger charge is -2.16. The minimum Gasteiger partial charge on any atom is -0.493 e. The molecule has 0 radical (unpaired) electrons. The number of amides is 2. The molecule has 3 rings (SSSR count). The van der Waals surface area contributed by atoms with Gasteiger partial charge in [0.15, 0.2) is 11.5 Å². The molecule has 6 nitrogen and oxygen atoms in total. The standard InChI is InChI=1S/C21H24N2O4/c1-26-17-9-8-15(14-18(17)27-2)10-13-22-19(24)21(11-12-21)20(25)23-16-6-4-3-5-7-16/h3-9,14H,10-13H2,1-2H3,(H,22,24)(H,23,25). The van der Waals surface area contributed by atoms with Crippen molar-refractivity contribution >= 4 is 17.5 Å². The van der Waals surface area contributed by atoms with Crippen LogP contribution in [-0.2, 0) is 16.0 Å². The molecule has 0 bridgehead atoms. The molecule has 1 aliphatic carbocycles. The fourth-order valence-corrected chi connectivity index (χ4v) is 2.98. The molecular weight excluding hydrogens is 344 g/mol. The molecule has 2 amide bonds. The largest absolute Gasteiger partial charge is 0.493 e. The first kappa shape index (κ1) is 18.8. The Morgan fingerprint density at radius 2 is 1.67 bits per heavy atom. The van der Waals surface area contributed by atoms with Gasteiger partial charge in [0.25, 0.3) is 0 Å². The SMILES string of the molecule is COc1ccc(CCNC(=O)C2(C(=O)Nc3ccccc3)CC2)cc1OC. The lowest BCUT2D eigenvalue weighted by molar-refractivity contribution is -0.134. The highest BCUT2D eigenvalue weighted by molar-refractivity contribution is 6.13. The van der Waals surface area contributed by atoms with Gasteiger partial charge in [0.2, 0.25) is 11.8 Å². The predicted octanol–water partition coefficient (Wildman–Crippen LogP) is 2.78. The molecule has 142 valence electrons. The van der Waals surface area contributed by atoms with Gasteiger partial charge < -0.3 is 20.1 Å². The second kappa shape index (κ2) is 8.12. The molecular formula is C21H24N2O4. The topological polar surface area (TPSA) is 76.7 Å². The van der Waals surface area contributed by atoms with Crippen LogP contribution in [0.5, 0.6) is 11.5 Å². The summed E-state index contributed by atoms with van der Waals surface area (Å²) in [5.74, 6) is 0.871. The third kappa shape index (κ3) is 4.22. The second-order valence-corrected chi connectivity index (χ2v) is 6.60. The van der Waals surface area contributed by atoms with Gasteiger partial charge >= 0.3 is 0 Å². The van der Waals surface area contributed by atoms with E-state index in [1.54, 1.807) is 14.2 Å². The lowest BCUT2D eigenvalue weighted by Crippen LogP contribution is -2.40. The Balaban J connectivity index is 1.54. The second-order valence-electron chi connectivity index (χ2n) is 6.60. The Morgan fingerprint density at radius 1 is 0.963 bits per heavy atom. The number of carbonyl (C=O) groups is 2. The zero-order chi connectivity index (χ0) is 19.3. The summed E-state index contributed by atoms with van der Waals surface area (Å²) in [6.45, 7) is 0.453. The number of hydrogen-bond donors (Lipinski definition) is 2. The molecule has 2 N–H and O–H groups in total. The molecule has 1 aliphatic rings. The van der Waals surface area contributed by atoms with Crippen LogP contribution in [0, 0.1) is 5.41 Å². The summed E-state index contributed by atoms with van der Waals surface area (Å²) in [7, 11) is 3.18. The normalized spacial score (nSPS) is 14.1. The minimum atomic E-state index is -0.937. The zero-order valence-corrected chi connectivity index (χ0v) is 15.6. The van der Waals surface area contributed by atoms with Crippen molar-refractivity contribution < 1.29 is 19.1 Å². The summed E-state index contributed by atoms with van der Waals surface area (Å²) >= 11 is 0. The van der Waals surface area contributed by atoms with Gasteiger partial charge in [-0.05, 0) is 49.1 Å². The average molecular weight is 368 g/mol. The molecule has 2 aromatic carbocycles. The van der Waals surface area contributed by atoms with Crippen LogP contribution in [0.3, 0.4) is 0 Å². The predicted molar refractivity (Wildman–Crippen MR) is 103 cm³/mol. The molecule has 0 spiro atoms. The first-order valence-electron chi connectivity index (χ1n) is 8.95. The van der Waals surface area contributed by atoms with E-state index in [0.29, 0.717) is 43.0 Å². The van der Waals surface area contributed by atoms with Crippen molar-refractivity contribution in [1.82, 2.24) is 5.32 Å². The van der Waals surface area contributed by atoms with Gasteiger partial charge in [-0.15, -0.1) is 0 Å². The van der Waals surface area contributed by atoms with Crippen molar-refractivity contribution in [2.45, 2.75) is 19.3 Å². The Labute approximate surface area is 158 Å². The highest BCUT2D eigenvalue weighted by atomic mass is 16.5. The number of para-hydroxylation sites is 1. The Morgan fingerprint density at radius 3 is 2.30 bits per heavy atom. The van der Waals surface area contributed by atoms with Crippen molar-refractivity contribution in [3.05, 3.63) is 54.1 Å². The van der Waals surface area contributed by atoms with E-state index in [4.69, 9.17) is 9.47 Å². The fourth-order valence-electron chi connectivity index (χ4n) is 2.98. The molecule has 6 heteroatoms. The van der Waals surface area contributed by atoms with Crippen molar-refractivity contribution in [3.8, 4) is 11.5 Å². The average Bonchev–Trinajstić information content (AvgIpc) is 3.50. The number of hydrogen-bond acceptors (Lipinski definition) is 4. The van der Waals surface area contributed by atoms with Crippen molar-refractivity contribution in [1.29, 1.82) is 0 Å². The first-order chi connectivity index (χ1) is 13.1. The lowest BCUT2D eigenvalue weighted by atomic mass is 10.0. The van der Waals surface area contributed by atoms with E-state index in [1.807, 2.05) is 48.5 Å². The van der Waals surface area contributed by atoms with Crippen molar-refractivity contribution in [2.24, 2.45) is 5.41 Å². The van der Waals surface area contributed by atoms with Crippen LogP contribution < -0.4 is 20.1 Å². The van der Waals surface area contributed by atoms with Gasteiger partial charge in [-0.25, -0.2) is 0 Å². The van der Waals surface area contributed by atoms with Gasteiger partial charge in [-0.3, -0.25) is 9.59 Å². The van der Waals surface area contributed by atoms with E-state index < -0.39 is 5.41 Å². The van der Waals surface area contributed by atoms with Crippen LogP contribution in [0.4, 0.5) is 5.69 Å². The molecule has 0 aromatic heterocycles. The Bertz CT molecular complexity index is 816. The number of carbonyl (C=O) groups excluding carboxylic acids is 2. The third-order valence-corrected chi connectivity index (χ3v) is 4.80. The van der Waals surface area contributed by atoms with E-state index in [2.05, 4.69) is 10.6 Å². The van der Waals surface area contributed by atoms with E-state index in [1.165, 1.54) is 0 Å². The van der Waals surface area contributed by atoms with Gasteiger partial charge in [0.1, 0.15) is 5.41 Å². The molecule has 2 aromatic rings. The molecule has 1 saturated carbocycles. The maximum absolute atomic E-state index is 12.6. The molecule has 0 atom stereocenters. The van der Waals surface area contributed by atoms with Gasteiger partial charge in [-0.1, -0.05) is 24.3 Å². The Kier molecular flexibility index (Phi) is 5.64. The molecule has 0 saturated heterocycles. The van der Waals surface area contributed by atoms with Crippen LogP contribution >= 0.6 is 0 Å². The number of nitrogens with one attached hydrogen (secondary N) is 2. The highest BCUT2D eigenvalue weighted by Gasteiger charge is 2.56. The molecule has 1 fully saturated rings. The quantitative estimate of drug-likeness (QED) is 0.703. The van der Waals surface area contributed by atoms with Gasteiger partial charge in [0.05, 0.1) is 14.2 Å². The number of methoxy groups -OCH3 is 2. The highest BCUT2D eigenvalue weighted by Crippen LogP contribution is 2.46. The number of benzene rings is 2. The number of ether oxygens (including phenoxy) is 2. The summed E-state index contributed by atoms with van der Waals surface area (Å²) in [5, 5.41) is 5.73. The van der Waals surface area contributed by atoms with Gasteiger partial charge in [0, 0.05) is 12.2 Å². The summed E-state index contributed by atoms with van der Waals surface area (Å²) in [6.07, 6.45) is 1.80. The van der Waals surface area contributed by atoms with Crippen LogP contribution in [0.1, 0.15) is 18.4 Å². The van der Waals surface area contributed by atoms with Crippen molar-refractivity contribution in [3.63, 3.8) is 0 Å². The fraction of sp³-hybridized carbons (Fsp3) is 0.333. The van der Waals surface area contributed by atoms with Crippen molar-refractivity contribution in [2.75, 3.05) is 26.1 Å². The summed E-state index contributed by atoms with van der Waals surface area (Å²) < 4.78 is 10.5. The maximum atomic E-state index is 12.6. The first-order valence-corrected chi connectivity index (χ1v) is 8.95. The summed E-state index contributed by atoms with van der Waals surface area (Å²) in [5.41, 5.74) is 0.784.